The number of amides is 1. The third-order valence-corrected chi connectivity index (χ3v) is 5.11. The van der Waals surface area contributed by atoms with Crippen molar-refractivity contribution in [1.29, 1.82) is 0 Å². The van der Waals surface area contributed by atoms with E-state index in [-0.39, 0.29) is 17.6 Å². The van der Waals surface area contributed by atoms with Gasteiger partial charge in [0, 0.05) is 6.54 Å². The van der Waals surface area contributed by atoms with Crippen molar-refractivity contribution in [2.75, 3.05) is 6.54 Å². The molecule has 0 spiro atoms. The molecule has 3 rings (SSSR count). The van der Waals surface area contributed by atoms with Gasteiger partial charge in [0.2, 0.25) is 0 Å². The van der Waals surface area contributed by atoms with Crippen LogP contribution in [0.25, 0.3) is 0 Å². The fourth-order valence-electron chi connectivity index (χ4n) is 3.05. The number of rotatable bonds is 6. The van der Waals surface area contributed by atoms with Gasteiger partial charge in [0.15, 0.2) is 0 Å². The third kappa shape index (κ3) is 5.21. The molecule has 1 aromatic heterocycles. The van der Waals surface area contributed by atoms with Crippen molar-refractivity contribution in [1.82, 2.24) is 15.1 Å². The van der Waals surface area contributed by atoms with Gasteiger partial charge in [-0.25, -0.2) is 4.68 Å². The van der Waals surface area contributed by atoms with E-state index >= 15 is 0 Å². The number of aromatic nitrogens is 2. The monoisotopic (exact) mass is 435 g/mol. The molecule has 4 nitrogen and oxygen atoms in total. The SMILES string of the molecule is Cc1ccc(Cn2nc(C)c(C(=O)NCCc3ccc(C(F)(F)F)cc3)c2Cl)cc1. The number of carbonyl (C=O) groups is 1. The average molecular weight is 436 g/mol. The highest BCUT2D eigenvalue weighted by Gasteiger charge is 2.29. The van der Waals surface area contributed by atoms with Crippen LogP contribution < -0.4 is 5.32 Å². The largest absolute Gasteiger partial charge is 0.416 e. The number of hydrogen-bond donors (Lipinski definition) is 1. The standard InChI is InChI=1S/C22H21ClF3N3O/c1-14-3-5-17(6-4-14)13-29-20(23)19(15(2)28-29)21(30)27-12-11-16-7-9-18(10-8-16)22(24,25)26/h3-10H,11-13H2,1-2H3,(H,27,30). The summed E-state index contributed by atoms with van der Waals surface area (Å²) in [6.07, 6.45) is -3.96. The van der Waals surface area contributed by atoms with Crippen molar-refractivity contribution in [3.05, 3.63) is 87.2 Å². The molecule has 30 heavy (non-hydrogen) atoms. The number of alkyl halides is 3. The Morgan fingerprint density at radius 2 is 1.63 bits per heavy atom. The Hall–Kier alpha value is -2.80. The zero-order valence-electron chi connectivity index (χ0n) is 16.6. The molecule has 0 saturated carbocycles. The fourth-order valence-corrected chi connectivity index (χ4v) is 3.37. The Morgan fingerprint density at radius 3 is 2.23 bits per heavy atom. The Balaban J connectivity index is 1.61. The van der Waals surface area contributed by atoms with Crippen molar-refractivity contribution < 1.29 is 18.0 Å². The van der Waals surface area contributed by atoms with Crippen LogP contribution in [0.2, 0.25) is 5.15 Å². The number of halogens is 4. The molecule has 2 aromatic carbocycles. The van der Waals surface area contributed by atoms with E-state index in [0.29, 0.717) is 29.8 Å². The average Bonchev–Trinajstić information content (AvgIpc) is 2.96. The van der Waals surface area contributed by atoms with E-state index in [1.54, 1.807) is 11.6 Å². The number of carbonyl (C=O) groups excluding carboxylic acids is 1. The predicted molar refractivity (Wildman–Crippen MR) is 110 cm³/mol. The molecule has 8 heteroatoms. The van der Waals surface area contributed by atoms with Gasteiger partial charge in [-0.3, -0.25) is 4.79 Å². The molecule has 0 bridgehead atoms. The van der Waals surface area contributed by atoms with E-state index in [1.807, 2.05) is 31.2 Å². The van der Waals surface area contributed by atoms with E-state index in [1.165, 1.54) is 12.1 Å². The molecule has 0 fully saturated rings. The topological polar surface area (TPSA) is 46.9 Å². The third-order valence-electron chi connectivity index (χ3n) is 4.73. The molecule has 158 valence electrons. The second kappa shape index (κ2) is 8.92. The van der Waals surface area contributed by atoms with Gasteiger partial charge in [-0.05, 0) is 43.5 Å². The smallest absolute Gasteiger partial charge is 0.352 e. The molecule has 1 N–H and O–H groups in total. The molecule has 3 aromatic rings. The van der Waals surface area contributed by atoms with Crippen LogP contribution in [0.5, 0.6) is 0 Å². The zero-order valence-corrected chi connectivity index (χ0v) is 17.3. The van der Waals surface area contributed by atoms with E-state index in [2.05, 4.69) is 10.4 Å². The van der Waals surface area contributed by atoms with Gasteiger partial charge < -0.3 is 5.32 Å². The number of nitrogens with one attached hydrogen (secondary N) is 1. The second-order valence-corrected chi connectivity index (χ2v) is 7.45. The number of aryl methyl sites for hydroxylation is 2. The maximum absolute atomic E-state index is 12.6. The van der Waals surface area contributed by atoms with Gasteiger partial charge in [-0.2, -0.15) is 18.3 Å². The highest BCUT2D eigenvalue weighted by atomic mass is 35.5. The van der Waals surface area contributed by atoms with E-state index in [0.717, 1.165) is 23.3 Å². The Morgan fingerprint density at radius 1 is 1.03 bits per heavy atom. The molecule has 1 heterocycles. The van der Waals surface area contributed by atoms with Crippen LogP contribution in [-0.2, 0) is 19.1 Å². The lowest BCUT2D eigenvalue weighted by Crippen LogP contribution is -2.26. The van der Waals surface area contributed by atoms with Crippen LogP contribution in [0.1, 0.15) is 38.3 Å². The minimum atomic E-state index is -4.36. The van der Waals surface area contributed by atoms with Gasteiger partial charge in [0.25, 0.3) is 5.91 Å². The van der Waals surface area contributed by atoms with Crippen molar-refractivity contribution >= 4 is 17.5 Å². The second-order valence-electron chi connectivity index (χ2n) is 7.10. The Bertz CT molecular complexity index is 1030. The molecule has 0 aliphatic carbocycles. The van der Waals surface area contributed by atoms with Gasteiger partial charge >= 0.3 is 6.18 Å². The summed E-state index contributed by atoms with van der Waals surface area (Å²) in [7, 11) is 0. The Labute approximate surface area is 177 Å². The minimum absolute atomic E-state index is 0.250. The predicted octanol–water partition coefficient (Wildman–Crippen LogP) is 5.19. The molecule has 0 aliphatic heterocycles. The summed E-state index contributed by atoms with van der Waals surface area (Å²) in [5.41, 5.74) is 2.98. The highest BCUT2D eigenvalue weighted by Crippen LogP contribution is 2.29. The molecule has 0 aliphatic rings. The summed E-state index contributed by atoms with van der Waals surface area (Å²) in [5, 5.41) is 7.38. The summed E-state index contributed by atoms with van der Waals surface area (Å²) in [6.45, 7) is 4.42. The maximum atomic E-state index is 12.6. The molecule has 0 atom stereocenters. The zero-order chi connectivity index (χ0) is 21.9. The normalized spacial score (nSPS) is 11.5. The molecule has 0 radical (unpaired) electrons. The van der Waals surface area contributed by atoms with Crippen LogP contribution in [0.3, 0.4) is 0 Å². The van der Waals surface area contributed by atoms with Gasteiger partial charge in [0.1, 0.15) is 5.15 Å². The quantitative estimate of drug-likeness (QED) is 0.579. The Kier molecular flexibility index (Phi) is 6.51. The number of benzene rings is 2. The summed E-state index contributed by atoms with van der Waals surface area (Å²) in [6, 6.07) is 12.8. The van der Waals surface area contributed by atoms with Crippen LogP contribution in [0.4, 0.5) is 13.2 Å². The number of nitrogens with zero attached hydrogens (tertiary/aromatic N) is 2. The van der Waals surface area contributed by atoms with Gasteiger partial charge in [0.05, 0.1) is 23.4 Å². The van der Waals surface area contributed by atoms with Crippen LogP contribution in [-0.4, -0.2) is 22.2 Å². The van der Waals surface area contributed by atoms with Gasteiger partial charge in [-0.1, -0.05) is 53.6 Å². The molecular weight excluding hydrogens is 415 g/mol. The lowest BCUT2D eigenvalue weighted by Gasteiger charge is -2.08. The van der Waals surface area contributed by atoms with Crippen LogP contribution >= 0.6 is 11.6 Å². The lowest BCUT2D eigenvalue weighted by molar-refractivity contribution is -0.137. The van der Waals surface area contributed by atoms with Crippen molar-refractivity contribution in [3.63, 3.8) is 0 Å². The summed E-state index contributed by atoms with van der Waals surface area (Å²) in [5.74, 6) is -0.362. The first-order chi connectivity index (χ1) is 14.1. The lowest BCUT2D eigenvalue weighted by atomic mass is 10.1. The maximum Gasteiger partial charge on any atom is 0.416 e. The van der Waals surface area contributed by atoms with Crippen LogP contribution in [0.15, 0.2) is 48.5 Å². The molecular formula is C22H21ClF3N3O. The van der Waals surface area contributed by atoms with E-state index in [4.69, 9.17) is 11.6 Å². The first kappa shape index (κ1) is 21.9. The van der Waals surface area contributed by atoms with E-state index in [9.17, 15) is 18.0 Å². The van der Waals surface area contributed by atoms with Crippen molar-refractivity contribution in [2.24, 2.45) is 0 Å². The van der Waals surface area contributed by atoms with Gasteiger partial charge in [-0.15, -0.1) is 0 Å². The fraction of sp³-hybridized carbons (Fsp3) is 0.273. The first-order valence-corrected chi connectivity index (χ1v) is 9.75. The minimum Gasteiger partial charge on any atom is -0.352 e. The van der Waals surface area contributed by atoms with Crippen molar-refractivity contribution in [2.45, 2.75) is 33.0 Å². The van der Waals surface area contributed by atoms with Crippen LogP contribution in [0, 0.1) is 13.8 Å². The number of hydrogen-bond acceptors (Lipinski definition) is 2. The van der Waals surface area contributed by atoms with Crippen molar-refractivity contribution in [3.8, 4) is 0 Å². The summed E-state index contributed by atoms with van der Waals surface area (Å²) >= 11 is 6.39. The summed E-state index contributed by atoms with van der Waals surface area (Å²) in [4.78, 5) is 12.6. The molecule has 0 saturated heterocycles. The molecule has 0 unspecified atom stereocenters. The van der Waals surface area contributed by atoms with E-state index < -0.39 is 11.7 Å². The highest BCUT2D eigenvalue weighted by molar-refractivity contribution is 6.33. The summed E-state index contributed by atoms with van der Waals surface area (Å²) < 4.78 is 39.4. The molecule has 1 amide bonds. The first-order valence-electron chi connectivity index (χ1n) is 9.38.